The number of thiazole rings is 1. The molecule has 2 heterocycles. The van der Waals surface area contributed by atoms with Crippen molar-refractivity contribution in [1.29, 1.82) is 0 Å². The summed E-state index contributed by atoms with van der Waals surface area (Å²) in [5, 5.41) is 6.48. The fourth-order valence-electron chi connectivity index (χ4n) is 2.06. The van der Waals surface area contributed by atoms with E-state index in [2.05, 4.69) is 21.7 Å². The Balaban J connectivity index is 2.06. The average Bonchev–Trinajstić information content (AvgIpc) is 3.02. The van der Waals surface area contributed by atoms with Gasteiger partial charge in [-0.05, 0) is 30.3 Å². The number of hydrogen-bond donors (Lipinski definition) is 0. The first-order valence-electron chi connectivity index (χ1n) is 7.30. The van der Waals surface area contributed by atoms with Gasteiger partial charge in [0.1, 0.15) is 5.82 Å². The van der Waals surface area contributed by atoms with Gasteiger partial charge in [-0.3, -0.25) is 9.98 Å². The van der Waals surface area contributed by atoms with Crippen LogP contribution in [-0.4, -0.2) is 22.4 Å². The molecule has 6 heteroatoms. The summed E-state index contributed by atoms with van der Waals surface area (Å²) in [6.07, 6.45) is 6.89. The number of benzene rings is 1. The summed E-state index contributed by atoms with van der Waals surface area (Å²) in [6.45, 7) is 4.19. The number of rotatable bonds is 5. The van der Waals surface area contributed by atoms with Gasteiger partial charge in [0.25, 0.3) is 0 Å². The highest BCUT2D eigenvalue weighted by Gasteiger charge is 2.07. The van der Waals surface area contributed by atoms with E-state index in [1.807, 2.05) is 17.5 Å². The summed E-state index contributed by atoms with van der Waals surface area (Å²) in [5.41, 5.74) is 2.61. The number of halogens is 1. The zero-order valence-corrected chi connectivity index (χ0v) is 13.7. The van der Waals surface area contributed by atoms with Crippen LogP contribution in [-0.2, 0) is 0 Å². The van der Waals surface area contributed by atoms with Crippen LogP contribution >= 0.6 is 11.3 Å². The molecule has 0 amide bonds. The lowest BCUT2D eigenvalue weighted by Crippen LogP contribution is -2.12. The lowest BCUT2D eigenvalue weighted by atomic mass is 10.2. The van der Waals surface area contributed by atoms with E-state index in [0.29, 0.717) is 6.54 Å². The van der Waals surface area contributed by atoms with Gasteiger partial charge in [0.15, 0.2) is 0 Å². The van der Waals surface area contributed by atoms with E-state index in [1.165, 1.54) is 23.5 Å². The van der Waals surface area contributed by atoms with Gasteiger partial charge < -0.3 is 0 Å². The molecule has 0 unspecified atom stereocenters. The van der Waals surface area contributed by atoms with Crippen molar-refractivity contribution in [2.75, 3.05) is 6.54 Å². The van der Waals surface area contributed by atoms with E-state index in [0.717, 1.165) is 21.6 Å². The van der Waals surface area contributed by atoms with Crippen molar-refractivity contribution in [1.82, 2.24) is 9.66 Å². The third-order valence-corrected chi connectivity index (χ3v) is 4.04. The van der Waals surface area contributed by atoms with Gasteiger partial charge in [0.05, 0.1) is 18.5 Å². The number of nitrogens with zero attached hydrogens (tertiary/aromatic N) is 4. The number of pyridine rings is 1. The largest absolute Gasteiger partial charge is 0.264 e. The maximum absolute atomic E-state index is 13.2. The minimum Gasteiger partial charge on any atom is -0.264 e. The van der Waals surface area contributed by atoms with Crippen molar-refractivity contribution in [2.45, 2.75) is 0 Å². The zero-order valence-electron chi connectivity index (χ0n) is 12.8. The summed E-state index contributed by atoms with van der Waals surface area (Å²) >= 11 is 1.48. The molecule has 0 saturated heterocycles. The summed E-state index contributed by atoms with van der Waals surface area (Å²) in [4.78, 5) is 9.28. The van der Waals surface area contributed by atoms with Gasteiger partial charge in [-0.1, -0.05) is 12.1 Å². The predicted molar refractivity (Wildman–Crippen MR) is 95.6 cm³/mol. The molecule has 0 atom stereocenters. The number of hydrogen-bond acceptors (Lipinski definition) is 4. The summed E-state index contributed by atoms with van der Waals surface area (Å²) in [6, 6.07) is 10.1. The molecular weight excluding hydrogens is 323 g/mol. The lowest BCUT2D eigenvalue weighted by Gasteiger charge is -2.03. The van der Waals surface area contributed by atoms with Gasteiger partial charge in [0, 0.05) is 28.9 Å². The first-order valence-corrected chi connectivity index (χ1v) is 8.18. The van der Waals surface area contributed by atoms with Crippen molar-refractivity contribution in [2.24, 2.45) is 10.1 Å². The van der Waals surface area contributed by atoms with E-state index in [1.54, 1.807) is 41.5 Å². The minimum absolute atomic E-state index is 0.268. The van der Waals surface area contributed by atoms with Crippen molar-refractivity contribution in [3.63, 3.8) is 0 Å². The van der Waals surface area contributed by atoms with Crippen LogP contribution in [0.4, 0.5) is 4.39 Å². The topological polar surface area (TPSA) is 42.5 Å². The van der Waals surface area contributed by atoms with E-state index < -0.39 is 0 Å². The Hall–Kier alpha value is -2.86. The van der Waals surface area contributed by atoms with Crippen LogP contribution in [0.25, 0.3) is 11.3 Å². The van der Waals surface area contributed by atoms with Crippen molar-refractivity contribution in [3.05, 3.63) is 83.0 Å². The SMILES string of the molecule is C=CCN=c1scc(-c2ccc(F)cc2)n1N=Cc1cccnc1. The van der Waals surface area contributed by atoms with Crippen LogP contribution < -0.4 is 4.80 Å². The fourth-order valence-corrected chi connectivity index (χ4v) is 2.90. The monoisotopic (exact) mass is 338 g/mol. The third kappa shape index (κ3) is 3.72. The van der Waals surface area contributed by atoms with Crippen molar-refractivity contribution in [3.8, 4) is 11.3 Å². The quantitative estimate of drug-likeness (QED) is 0.516. The third-order valence-electron chi connectivity index (χ3n) is 3.19. The summed E-state index contributed by atoms with van der Waals surface area (Å²) in [5.74, 6) is -0.268. The van der Waals surface area contributed by atoms with Gasteiger partial charge in [-0.25, -0.2) is 9.07 Å². The summed E-state index contributed by atoms with van der Waals surface area (Å²) in [7, 11) is 0. The fraction of sp³-hybridized carbons (Fsp3) is 0.0556. The Morgan fingerprint density at radius 3 is 2.79 bits per heavy atom. The maximum Gasteiger partial charge on any atom is 0.206 e. The zero-order chi connectivity index (χ0) is 16.8. The van der Waals surface area contributed by atoms with E-state index in [-0.39, 0.29) is 5.82 Å². The van der Waals surface area contributed by atoms with Crippen LogP contribution in [0, 0.1) is 5.82 Å². The second-order valence-electron chi connectivity index (χ2n) is 4.88. The van der Waals surface area contributed by atoms with Gasteiger partial charge in [-0.2, -0.15) is 5.10 Å². The second-order valence-corrected chi connectivity index (χ2v) is 5.72. The van der Waals surface area contributed by atoms with Gasteiger partial charge in [0.2, 0.25) is 4.80 Å². The molecule has 3 aromatic rings. The molecule has 0 saturated carbocycles. The average molecular weight is 338 g/mol. The Morgan fingerprint density at radius 1 is 1.25 bits per heavy atom. The predicted octanol–water partition coefficient (Wildman–Crippen LogP) is 3.72. The first-order chi connectivity index (χ1) is 11.8. The van der Waals surface area contributed by atoms with E-state index in [9.17, 15) is 4.39 Å². The second kappa shape index (κ2) is 7.61. The van der Waals surface area contributed by atoms with Crippen LogP contribution in [0.15, 0.2) is 76.9 Å². The molecule has 24 heavy (non-hydrogen) atoms. The van der Waals surface area contributed by atoms with Gasteiger partial charge in [-0.15, -0.1) is 17.9 Å². The standard InChI is InChI=1S/C18H15FN4S/c1-2-9-21-18-23(22-12-14-4-3-10-20-11-14)17(13-24-18)15-5-7-16(19)8-6-15/h2-8,10-13H,1,9H2. The number of aromatic nitrogens is 2. The normalized spacial score (nSPS) is 12.0. The molecular formula is C18H15FN4S. The molecule has 4 nitrogen and oxygen atoms in total. The van der Waals surface area contributed by atoms with Crippen molar-refractivity contribution >= 4 is 17.6 Å². The lowest BCUT2D eigenvalue weighted by molar-refractivity contribution is 0.628. The Bertz CT molecular complexity index is 908. The maximum atomic E-state index is 13.2. The summed E-state index contributed by atoms with van der Waals surface area (Å²) < 4.78 is 14.9. The molecule has 0 radical (unpaired) electrons. The molecule has 1 aromatic carbocycles. The Labute approximate surface area is 143 Å². The van der Waals surface area contributed by atoms with Crippen LogP contribution in [0.1, 0.15) is 5.56 Å². The van der Waals surface area contributed by atoms with Crippen LogP contribution in [0.3, 0.4) is 0 Å². The molecule has 2 aromatic heterocycles. The highest BCUT2D eigenvalue weighted by atomic mass is 32.1. The molecule has 0 aliphatic carbocycles. The van der Waals surface area contributed by atoms with Crippen LogP contribution in [0.5, 0.6) is 0 Å². The van der Waals surface area contributed by atoms with Gasteiger partial charge >= 0.3 is 0 Å². The van der Waals surface area contributed by atoms with Crippen LogP contribution in [0.2, 0.25) is 0 Å². The van der Waals surface area contributed by atoms with E-state index in [4.69, 9.17) is 0 Å². The highest BCUT2D eigenvalue weighted by molar-refractivity contribution is 7.07. The Kier molecular flexibility index (Phi) is 5.08. The molecule has 120 valence electrons. The van der Waals surface area contributed by atoms with Crippen molar-refractivity contribution < 1.29 is 4.39 Å². The first kappa shape index (κ1) is 16.0. The molecule has 0 N–H and O–H groups in total. The molecule has 0 bridgehead atoms. The smallest absolute Gasteiger partial charge is 0.206 e. The molecule has 0 fully saturated rings. The highest BCUT2D eigenvalue weighted by Crippen LogP contribution is 2.20. The van der Waals surface area contributed by atoms with E-state index >= 15 is 0 Å². The molecule has 0 spiro atoms. The molecule has 3 rings (SSSR count). The Morgan fingerprint density at radius 2 is 2.08 bits per heavy atom. The molecule has 0 aliphatic heterocycles. The minimum atomic E-state index is -0.268. The molecule has 0 aliphatic rings.